The number of carbonyl (C=O) groups excluding carboxylic acids is 1. The highest BCUT2D eigenvalue weighted by molar-refractivity contribution is 9.10. The van der Waals surface area contributed by atoms with Crippen LogP contribution in [0.2, 0.25) is 23.2 Å². The van der Waals surface area contributed by atoms with Gasteiger partial charge in [-0.3, -0.25) is 4.79 Å². The van der Waals surface area contributed by atoms with Crippen molar-refractivity contribution in [3.8, 4) is 0 Å². The molecule has 0 bridgehead atoms. The highest BCUT2D eigenvalue weighted by Gasteiger charge is 2.37. The quantitative estimate of drug-likeness (QED) is 0.290. The molecule has 1 aromatic heterocycles. The van der Waals surface area contributed by atoms with Crippen molar-refractivity contribution < 1.29 is 13.6 Å². The van der Waals surface area contributed by atoms with E-state index >= 15 is 0 Å². The van der Waals surface area contributed by atoms with Crippen molar-refractivity contribution in [3.05, 3.63) is 49.1 Å². The molecule has 0 unspecified atom stereocenters. The molecule has 3 nitrogen and oxygen atoms in total. The van der Waals surface area contributed by atoms with Crippen molar-refractivity contribution >= 4 is 53.0 Å². The lowest BCUT2D eigenvalue weighted by Crippen LogP contribution is -2.40. The van der Waals surface area contributed by atoms with Crippen molar-refractivity contribution in [1.29, 1.82) is 0 Å². The van der Waals surface area contributed by atoms with Gasteiger partial charge in [0.1, 0.15) is 5.82 Å². The molecule has 0 radical (unpaired) electrons. The van der Waals surface area contributed by atoms with E-state index in [1.165, 1.54) is 17.4 Å². The Balaban J connectivity index is 2.16. The summed E-state index contributed by atoms with van der Waals surface area (Å²) in [6.07, 6.45) is 0. The normalized spacial score (nSPS) is 12.5. The van der Waals surface area contributed by atoms with E-state index in [-0.39, 0.29) is 25.9 Å². The number of ketones is 1. The molecule has 0 aliphatic rings. The predicted octanol–water partition coefficient (Wildman–Crippen LogP) is 6.45. The first-order chi connectivity index (χ1) is 11.4. The third kappa shape index (κ3) is 4.77. The third-order valence-corrected chi connectivity index (χ3v) is 10.7. The lowest BCUT2D eigenvalue weighted by molar-refractivity contribution is 0.103. The maximum Gasteiger partial charge on any atom is 0.223 e. The molecule has 0 spiro atoms. The number of hydrogen-bond donors (Lipinski definition) is 0. The molecule has 0 saturated carbocycles. The van der Waals surface area contributed by atoms with Gasteiger partial charge in [0, 0.05) is 10.9 Å². The molecule has 2 rings (SSSR count). The van der Waals surface area contributed by atoms with Crippen molar-refractivity contribution in [3.63, 3.8) is 0 Å². The lowest BCUT2D eigenvalue weighted by atomic mass is 10.1. The van der Waals surface area contributed by atoms with Crippen molar-refractivity contribution in [2.24, 2.45) is 0 Å². The highest BCUT2D eigenvalue weighted by Crippen LogP contribution is 2.37. The van der Waals surface area contributed by atoms with E-state index in [0.29, 0.717) is 11.6 Å². The summed E-state index contributed by atoms with van der Waals surface area (Å²) in [6.45, 7) is 11.2. The average Bonchev–Trinajstić information content (AvgIpc) is 2.96. The molecule has 0 saturated heterocycles. The van der Waals surface area contributed by atoms with Crippen LogP contribution >= 0.6 is 38.9 Å². The summed E-state index contributed by atoms with van der Waals surface area (Å²) in [5.41, 5.74) is 0.941. The van der Waals surface area contributed by atoms with E-state index < -0.39 is 14.1 Å². The average molecular weight is 465 g/mol. The first-order valence-corrected chi connectivity index (χ1v) is 12.7. The van der Waals surface area contributed by atoms with Gasteiger partial charge < -0.3 is 4.43 Å². The highest BCUT2D eigenvalue weighted by atomic mass is 79.9. The Labute approximate surface area is 165 Å². The van der Waals surface area contributed by atoms with Gasteiger partial charge >= 0.3 is 0 Å². The molecule has 1 aromatic carbocycles. The van der Waals surface area contributed by atoms with Gasteiger partial charge in [0.15, 0.2) is 13.3 Å². The molecule has 0 N–H and O–H groups in total. The number of hydrogen-bond acceptors (Lipinski definition) is 4. The largest absolute Gasteiger partial charge is 0.411 e. The second-order valence-electron chi connectivity index (χ2n) is 7.27. The van der Waals surface area contributed by atoms with Crippen molar-refractivity contribution in [2.45, 2.75) is 45.5 Å². The van der Waals surface area contributed by atoms with E-state index in [2.05, 4.69) is 54.8 Å². The Morgan fingerprint density at radius 1 is 1.40 bits per heavy atom. The number of carbonyl (C=O) groups is 1. The SMILES string of the molecule is CC(C)(C)[Si](C)(C)OCc1csc(C(=O)c2cc(Br)c(F)cc2Cl)n1. The predicted molar refractivity (Wildman–Crippen MR) is 107 cm³/mol. The fourth-order valence-corrected chi connectivity index (χ4v) is 4.04. The van der Waals surface area contributed by atoms with E-state index in [9.17, 15) is 9.18 Å². The first kappa shape index (κ1) is 20.7. The minimum atomic E-state index is -1.88. The van der Waals surface area contributed by atoms with E-state index in [0.717, 1.165) is 11.8 Å². The summed E-state index contributed by atoms with van der Waals surface area (Å²) >= 11 is 10.3. The van der Waals surface area contributed by atoms with E-state index in [1.54, 1.807) is 0 Å². The van der Waals surface area contributed by atoms with Gasteiger partial charge in [0.25, 0.3) is 0 Å². The van der Waals surface area contributed by atoms with Crippen molar-refractivity contribution in [2.75, 3.05) is 0 Å². The summed E-state index contributed by atoms with van der Waals surface area (Å²) in [6, 6.07) is 2.50. The van der Waals surface area contributed by atoms with Gasteiger partial charge in [0.2, 0.25) is 5.78 Å². The van der Waals surface area contributed by atoms with Crippen molar-refractivity contribution in [1.82, 2.24) is 4.98 Å². The molecular formula is C17H20BrClFNO2SSi. The monoisotopic (exact) mass is 463 g/mol. The molecule has 0 amide bonds. The smallest absolute Gasteiger partial charge is 0.223 e. The Hall–Kier alpha value is -0.603. The maximum atomic E-state index is 13.5. The van der Waals surface area contributed by atoms with Crippen LogP contribution in [0, 0.1) is 5.82 Å². The number of aromatic nitrogens is 1. The van der Waals surface area contributed by atoms with Crippen LogP contribution in [0.1, 0.15) is 41.8 Å². The van der Waals surface area contributed by atoms with Gasteiger partial charge in [-0.05, 0) is 46.2 Å². The standard InChI is InChI=1S/C17H20BrClFNO2SSi/c1-17(2,3)25(4,5)23-8-10-9-24-16(21-10)15(22)11-6-12(18)14(20)7-13(11)19/h6-7,9H,8H2,1-5H3. The van der Waals surface area contributed by atoms with Crippen LogP contribution in [0.25, 0.3) is 0 Å². The van der Waals surface area contributed by atoms with Crippen LogP contribution in [0.15, 0.2) is 22.0 Å². The number of halogens is 3. The molecule has 136 valence electrons. The Morgan fingerprint density at radius 2 is 2.04 bits per heavy atom. The molecule has 2 aromatic rings. The van der Waals surface area contributed by atoms with Gasteiger partial charge in [-0.1, -0.05) is 32.4 Å². The van der Waals surface area contributed by atoms with E-state index in [4.69, 9.17) is 16.0 Å². The summed E-state index contributed by atoms with van der Waals surface area (Å²) in [5, 5.41) is 2.30. The lowest BCUT2D eigenvalue weighted by Gasteiger charge is -2.35. The van der Waals surface area contributed by atoms with Gasteiger partial charge in [-0.15, -0.1) is 11.3 Å². The summed E-state index contributed by atoms with van der Waals surface area (Å²) in [5.74, 6) is -0.835. The van der Waals surface area contributed by atoms with Crippen LogP contribution < -0.4 is 0 Å². The molecule has 0 fully saturated rings. The molecule has 0 aliphatic heterocycles. The molecule has 0 aliphatic carbocycles. The first-order valence-electron chi connectivity index (χ1n) is 7.70. The number of rotatable bonds is 5. The summed E-state index contributed by atoms with van der Waals surface area (Å²) in [4.78, 5) is 17.0. The number of thiazole rings is 1. The second kappa shape index (κ2) is 7.56. The molecule has 0 atom stereocenters. The zero-order valence-corrected chi connectivity index (χ0v) is 18.9. The van der Waals surface area contributed by atoms with Crippen LogP contribution in [-0.2, 0) is 11.0 Å². The zero-order chi connectivity index (χ0) is 19.0. The van der Waals surface area contributed by atoms with Crippen LogP contribution in [0.3, 0.4) is 0 Å². The Kier molecular flexibility index (Phi) is 6.26. The minimum Gasteiger partial charge on any atom is -0.411 e. The third-order valence-electron chi connectivity index (χ3n) is 4.39. The fraction of sp³-hybridized carbons (Fsp3) is 0.412. The number of nitrogens with zero attached hydrogens (tertiary/aromatic N) is 1. The van der Waals surface area contributed by atoms with Gasteiger partial charge in [-0.2, -0.15) is 0 Å². The molecule has 25 heavy (non-hydrogen) atoms. The minimum absolute atomic E-state index is 0.0694. The molecule has 1 heterocycles. The summed E-state index contributed by atoms with van der Waals surface area (Å²) in [7, 11) is -1.88. The number of benzene rings is 1. The van der Waals surface area contributed by atoms with Crippen LogP contribution in [0.5, 0.6) is 0 Å². The second-order valence-corrected chi connectivity index (χ2v) is 14.2. The Morgan fingerprint density at radius 3 is 2.64 bits per heavy atom. The van der Waals surface area contributed by atoms with E-state index in [1.807, 2.05) is 5.38 Å². The fourth-order valence-electron chi connectivity index (χ4n) is 1.76. The van der Waals surface area contributed by atoms with Crippen LogP contribution in [-0.4, -0.2) is 19.1 Å². The zero-order valence-electron chi connectivity index (χ0n) is 14.7. The molecular weight excluding hydrogens is 445 g/mol. The maximum absolute atomic E-state index is 13.5. The topological polar surface area (TPSA) is 39.2 Å². The Bertz CT molecular complexity index is 804. The summed E-state index contributed by atoms with van der Waals surface area (Å²) < 4.78 is 19.8. The van der Waals surface area contributed by atoms with Crippen LogP contribution in [0.4, 0.5) is 4.39 Å². The molecule has 8 heteroatoms. The van der Waals surface area contributed by atoms with Gasteiger partial charge in [0.05, 0.1) is 21.8 Å². The van der Waals surface area contributed by atoms with Gasteiger partial charge in [-0.25, -0.2) is 9.37 Å².